The van der Waals surface area contributed by atoms with Crippen LogP contribution in [0.15, 0.2) is 71.0 Å². The Hall–Kier alpha value is -4.63. The molecule has 0 saturated heterocycles. The van der Waals surface area contributed by atoms with Crippen molar-refractivity contribution in [2.75, 3.05) is 6.61 Å². The SMILES string of the molecule is O=C1NC(c2ccc(OCCCC(F)(F)F)cc2)(C(F)(F)F)CC(c2ccc(OC(F)F)cc2)=C1NC(=O)c1ccno1. The minimum absolute atomic E-state index is 0.00391. The van der Waals surface area contributed by atoms with Gasteiger partial charge in [0.15, 0.2) is 5.54 Å². The number of aromatic nitrogens is 1. The molecule has 0 bridgehead atoms. The zero-order chi connectivity index (χ0) is 31.4. The first kappa shape index (κ1) is 31.3. The molecule has 0 fully saturated rings. The summed E-state index contributed by atoms with van der Waals surface area (Å²) in [7, 11) is 0. The Bertz CT molecular complexity index is 1450. The van der Waals surface area contributed by atoms with Crippen LogP contribution in [0.5, 0.6) is 11.5 Å². The first-order chi connectivity index (χ1) is 20.2. The fourth-order valence-electron chi connectivity index (χ4n) is 4.32. The van der Waals surface area contributed by atoms with E-state index in [4.69, 9.17) is 9.26 Å². The quantitative estimate of drug-likeness (QED) is 0.210. The zero-order valence-corrected chi connectivity index (χ0v) is 21.7. The van der Waals surface area contributed by atoms with E-state index >= 15 is 0 Å². The summed E-state index contributed by atoms with van der Waals surface area (Å²) in [6, 6.07) is 9.78. The monoisotopic (exact) mass is 619 g/mol. The van der Waals surface area contributed by atoms with E-state index in [-0.39, 0.29) is 41.4 Å². The Labute approximate surface area is 237 Å². The molecule has 0 saturated carbocycles. The molecular formula is C27H21F8N3O5. The number of alkyl halides is 8. The van der Waals surface area contributed by atoms with E-state index < -0.39 is 60.4 Å². The van der Waals surface area contributed by atoms with Gasteiger partial charge in [0.05, 0.1) is 12.8 Å². The number of halogens is 8. The lowest BCUT2D eigenvalue weighted by Gasteiger charge is -2.41. The molecule has 2 amide bonds. The van der Waals surface area contributed by atoms with E-state index in [0.29, 0.717) is 0 Å². The Balaban J connectivity index is 1.71. The molecular weight excluding hydrogens is 598 g/mol. The number of benzene rings is 2. The van der Waals surface area contributed by atoms with Gasteiger partial charge in [0.1, 0.15) is 17.2 Å². The average Bonchev–Trinajstić information content (AvgIpc) is 3.47. The second kappa shape index (κ2) is 12.3. The molecule has 8 nitrogen and oxygen atoms in total. The molecule has 2 heterocycles. The lowest BCUT2D eigenvalue weighted by molar-refractivity contribution is -0.201. The van der Waals surface area contributed by atoms with Crippen LogP contribution in [0, 0.1) is 0 Å². The van der Waals surface area contributed by atoms with Gasteiger partial charge in [0.2, 0.25) is 5.76 Å². The largest absolute Gasteiger partial charge is 0.494 e. The maximum Gasteiger partial charge on any atom is 0.416 e. The smallest absolute Gasteiger partial charge is 0.416 e. The number of carbonyl (C=O) groups excluding carboxylic acids is 2. The van der Waals surface area contributed by atoms with Gasteiger partial charge >= 0.3 is 19.0 Å². The molecule has 2 N–H and O–H groups in total. The summed E-state index contributed by atoms with van der Waals surface area (Å²) in [5, 5.41) is 7.54. The number of nitrogens with zero attached hydrogens (tertiary/aromatic N) is 1. The Morgan fingerprint density at radius 3 is 2.21 bits per heavy atom. The number of ether oxygens (including phenoxy) is 2. The zero-order valence-electron chi connectivity index (χ0n) is 21.7. The molecule has 0 spiro atoms. The Morgan fingerprint density at radius 2 is 1.65 bits per heavy atom. The van der Waals surface area contributed by atoms with Gasteiger partial charge in [0, 0.05) is 18.9 Å². The molecule has 0 radical (unpaired) electrons. The summed E-state index contributed by atoms with van der Waals surface area (Å²) in [5.74, 6) is -2.98. The molecule has 3 aromatic rings. The van der Waals surface area contributed by atoms with Crippen molar-refractivity contribution in [2.24, 2.45) is 0 Å². The predicted molar refractivity (Wildman–Crippen MR) is 132 cm³/mol. The molecule has 1 atom stereocenters. The van der Waals surface area contributed by atoms with Crippen molar-refractivity contribution in [1.82, 2.24) is 15.8 Å². The van der Waals surface area contributed by atoms with Crippen LogP contribution in [0.1, 0.15) is 40.9 Å². The van der Waals surface area contributed by atoms with Crippen molar-refractivity contribution in [3.8, 4) is 11.5 Å². The summed E-state index contributed by atoms with van der Waals surface area (Å²) >= 11 is 0. The maximum absolute atomic E-state index is 14.8. The number of nitrogens with one attached hydrogen (secondary N) is 2. The second-order valence-electron chi connectivity index (χ2n) is 9.21. The van der Waals surface area contributed by atoms with Crippen molar-refractivity contribution < 1.29 is 58.7 Å². The van der Waals surface area contributed by atoms with Crippen molar-refractivity contribution >= 4 is 17.4 Å². The molecule has 1 aliphatic rings. The van der Waals surface area contributed by atoms with Gasteiger partial charge in [-0.05, 0) is 47.4 Å². The number of amides is 2. The predicted octanol–water partition coefficient (Wildman–Crippen LogP) is 6.12. The number of rotatable bonds is 10. The normalized spacial score (nSPS) is 17.6. The summed E-state index contributed by atoms with van der Waals surface area (Å²) in [6.07, 6.45) is -10.8. The number of carbonyl (C=O) groups is 2. The average molecular weight is 619 g/mol. The third-order valence-corrected chi connectivity index (χ3v) is 6.33. The van der Waals surface area contributed by atoms with Crippen LogP contribution >= 0.6 is 0 Å². The van der Waals surface area contributed by atoms with Crippen molar-refractivity contribution in [1.29, 1.82) is 0 Å². The van der Waals surface area contributed by atoms with Gasteiger partial charge < -0.3 is 24.6 Å². The molecule has 2 aromatic carbocycles. The lowest BCUT2D eigenvalue weighted by atomic mass is 9.77. The summed E-state index contributed by atoms with van der Waals surface area (Å²) in [6.45, 7) is -3.51. The molecule has 16 heteroatoms. The van der Waals surface area contributed by atoms with Crippen molar-refractivity contribution in [3.63, 3.8) is 0 Å². The molecule has 1 aromatic heterocycles. The van der Waals surface area contributed by atoms with Gasteiger partial charge in [-0.2, -0.15) is 35.1 Å². The van der Waals surface area contributed by atoms with Crippen LogP contribution in [-0.2, 0) is 10.3 Å². The van der Waals surface area contributed by atoms with Crippen molar-refractivity contribution in [3.05, 3.63) is 83.4 Å². The summed E-state index contributed by atoms with van der Waals surface area (Å²) in [4.78, 5) is 25.9. The fraction of sp³-hybridized carbons (Fsp3) is 0.296. The van der Waals surface area contributed by atoms with Crippen LogP contribution in [0.2, 0.25) is 0 Å². The number of hydrogen-bond donors (Lipinski definition) is 2. The highest BCUT2D eigenvalue weighted by atomic mass is 19.4. The minimum Gasteiger partial charge on any atom is -0.494 e. The second-order valence-corrected chi connectivity index (χ2v) is 9.21. The van der Waals surface area contributed by atoms with E-state index in [0.717, 1.165) is 60.8 Å². The topological polar surface area (TPSA) is 103 Å². The first-order valence-corrected chi connectivity index (χ1v) is 12.4. The molecule has 4 rings (SSSR count). The molecule has 1 unspecified atom stereocenters. The first-order valence-electron chi connectivity index (χ1n) is 12.4. The van der Waals surface area contributed by atoms with Gasteiger partial charge in [-0.1, -0.05) is 29.4 Å². The maximum atomic E-state index is 14.8. The van der Waals surface area contributed by atoms with Gasteiger partial charge in [0.25, 0.3) is 11.8 Å². The standard InChI is InChI=1S/C27H21F8N3O5/c28-24(29)42-18-6-2-15(3-7-18)19-14-25(27(33,34)35,38-23(40)21(19)37-22(39)20-10-12-36-43-20)16-4-8-17(9-5-16)41-13-1-11-26(30,31)32/h2-10,12,24H,1,11,13-14H2,(H,37,39)(H,38,40). The summed E-state index contributed by atoms with van der Waals surface area (Å²) in [5.41, 5.74) is -4.39. The van der Waals surface area contributed by atoms with E-state index in [1.54, 1.807) is 0 Å². The van der Waals surface area contributed by atoms with E-state index in [2.05, 4.69) is 15.2 Å². The van der Waals surface area contributed by atoms with E-state index in [9.17, 15) is 44.7 Å². The van der Waals surface area contributed by atoms with Crippen LogP contribution < -0.4 is 20.1 Å². The third-order valence-electron chi connectivity index (χ3n) is 6.33. The van der Waals surface area contributed by atoms with E-state index in [1.165, 1.54) is 0 Å². The highest BCUT2D eigenvalue weighted by Crippen LogP contribution is 2.48. The van der Waals surface area contributed by atoms with Crippen molar-refractivity contribution in [2.45, 2.75) is 43.8 Å². The van der Waals surface area contributed by atoms with Crippen LogP contribution in [0.25, 0.3) is 5.57 Å². The highest BCUT2D eigenvalue weighted by Gasteiger charge is 2.59. The molecule has 43 heavy (non-hydrogen) atoms. The van der Waals surface area contributed by atoms with Crippen LogP contribution in [0.3, 0.4) is 0 Å². The third kappa shape index (κ3) is 7.42. The Kier molecular flexibility index (Phi) is 8.96. The van der Waals surface area contributed by atoms with Gasteiger partial charge in [-0.15, -0.1) is 0 Å². The van der Waals surface area contributed by atoms with Crippen LogP contribution in [-0.4, -0.2) is 42.5 Å². The molecule has 230 valence electrons. The van der Waals surface area contributed by atoms with E-state index in [1.807, 2.05) is 5.32 Å². The highest BCUT2D eigenvalue weighted by molar-refractivity contribution is 6.08. The fourth-order valence-corrected chi connectivity index (χ4v) is 4.32. The minimum atomic E-state index is -5.12. The van der Waals surface area contributed by atoms with Crippen LogP contribution in [0.4, 0.5) is 35.1 Å². The molecule has 1 aliphatic heterocycles. The Morgan fingerprint density at radius 1 is 1.00 bits per heavy atom. The molecule has 0 aliphatic carbocycles. The summed E-state index contributed by atoms with van der Waals surface area (Å²) < 4.78 is 121. The lowest BCUT2D eigenvalue weighted by Crippen LogP contribution is -2.60. The van der Waals surface area contributed by atoms with Gasteiger partial charge in [-0.3, -0.25) is 9.59 Å². The number of hydrogen-bond acceptors (Lipinski definition) is 6. The van der Waals surface area contributed by atoms with Gasteiger partial charge in [-0.25, -0.2) is 0 Å².